The van der Waals surface area contributed by atoms with Gasteiger partial charge in [-0.15, -0.1) is 0 Å². The Balaban J connectivity index is 0.00000280. The number of carboxylic acid groups (broad SMARTS) is 1. The molecule has 1 saturated carbocycles. The molecule has 1 aliphatic heterocycles. The van der Waals surface area contributed by atoms with E-state index in [0.717, 1.165) is 36.4 Å². The second kappa shape index (κ2) is 10.6. The second-order valence-corrected chi connectivity index (χ2v) is 10.7. The number of nitrogens with zero attached hydrogens (tertiary/aromatic N) is 2. The molecular formula is C28H24ClF2N2NaO2S. The first-order chi connectivity index (χ1) is 17.4. The van der Waals surface area contributed by atoms with Crippen LogP contribution in [-0.2, 0) is 13.0 Å². The van der Waals surface area contributed by atoms with Crippen LogP contribution >= 0.6 is 23.4 Å². The Hall–Kier alpha value is -2.03. The summed E-state index contributed by atoms with van der Waals surface area (Å²) in [7, 11) is 0. The van der Waals surface area contributed by atoms with Gasteiger partial charge in [-0.3, -0.25) is 0 Å². The predicted octanol–water partition coefficient (Wildman–Crippen LogP) is 6.71. The first-order valence-corrected chi connectivity index (χ1v) is 13.2. The third kappa shape index (κ3) is 4.81. The monoisotopic (exact) mass is 548 g/mol. The SMILES string of the molecule is O=C(O)c1cccc(Sc2c(C3CC3)n(CCN3CCc4ccccc43)c3c(F)c(Cl)ccc23)c1F.[NaH]. The van der Waals surface area contributed by atoms with Gasteiger partial charge in [-0.1, -0.05) is 47.6 Å². The number of carbonyl (C=O) groups is 1. The summed E-state index contributed by atoms with van der Waals surface area (Å²) in [6.45, 7) is 2.18. The molecule has 0 atom stereocenters. The summed E-state index contributed by atoms with van der Waals surface area (Å²) in [4.78, 5) is 14.8. The van der Waals surface area contributed by atoms with E-state index in [1.165, 1.54) is 41.2 Å². The van der Waals surface area contributed by atoms with Gasteiger partial charge >= 0.3 is 35.5 Å². The average Bonchev–Trinajstić information content (AvgIpc) is 3.55. The van der Waals surface area contributed by atoms with Gasteiger partial charge < -0.3 is 14.6 Å². The summed E-state index contributed by atoms with van der Waals surface area (Å²) in [6.07, 6.45) is 2.94. The van der Waals surface area contributed by atoms with Gasteiger partial charge in [-0.25, -0.2) is 13.6 Å². The van der Waals surface area contributed by atoms with Gasteiger partial charge in [0, 0.05) is 52.1 Å². The first-order valence-electron chi connectivity index (χ1n) is 12.0. The summed E-state index contributed by atoms with van der Waals surface area (Å²) in [5.74, 6) is -2.33. The maximum atomic E-state index is 15.5. The molecule has 0 unspecified atom stereocenters. The van der Waals surface area contributed by atoms with Gasteiger partial charge in [0.1, 0.15) is 0 Å². The van der Waals surface area contributed by atoms with Crippen LogP contribution in [0.25, 0.3) is 10.9 Å². The van der Waals surface area contributed by atoms with Crippen LogP contribution in [-0.4, -0.2) is 58.3 Å². The van der Waals surface area contributed by atoms with E-state index >= 15 is 8.78 Å². The van der Waals surface area contributed by atoms with Crippen LogP contribution in [0.2, 0.25) is 5.02 Å². The minimum atomic E-state index is -1.32. The van der Waals surface area contributed by atoms with Crippen LogP contribution in [0.5, 0.6) is 0 Å². The van der Waals surface area contributed by atoms with Crippen molar-refractivity contribution in [2.45, 2.75) is 41.5 Å². The second-order valence-electron chi connectivity index (χ2n) is 9.29. The molecule has 0 saturated heterocycles. The number of hydrogen-bond acceptors (Lipinski definition) is 3. The van der Waals surface area contributed by atoms with Crippen LogP contribution < -0.4 is 4.90 Å². The van der Waals surface area contributed by atoms with E-state index in [0.29, 0.717) is 24.0 Å². The third-order valence-electron chi connectivity index (χ3n) is 7.05. The summed E-state index contributed by atoms with van der Waals surface area (Å²) in [5, 5.41) is 10.1. The predicted molar refractivity (Wildman–Crippen MR) is 146 cm³/mol. The minimum absolute atomic E-state index is 0. The van der Waals surface area contributed by atoms with Gasteiger partial charge in [0.05, 0.1) is 16.1 Å². The molecule has 2 heterocycles. The molecule has 1 aromatic heterocycles. The van der Waals surface area contributed by atoms with Crippen molar-refractivity contribution in [3.05, 3.63) is 88.1 Å². The Morgan fingerprint density at radius 1 is 1.03 bits per heavy atom. The fraction of sp³-hybridized carbons (Fsp3) is 0.250. The molecule has 1 aliphatic carbocycles. The standard InChI is InChI=1S/C28H23ClF2N2O2S.Na.H/c29-20-11-10-19-26(24(20)31)33(15-14-32-13-12-16-4-1-2-6-21(16)32)25(17-8-9-17)27(19)36-22-7-3-5-18(23(22)30)28(34)35;;/h1-7,10-11,17H,8-9,12-15H2,(H,34,35);;. The molecule has 1 fully saturated rings. The van der Waals surface area contributed by atoms with Crippen molar-refractivity contribution in [1.29, 1.82) is 0 Å². The van der Waals surface area contributed by atoms with Crippen LogP contribution in [0.1, 0.15) is 40.4 Å². The number of halogens is 3. The zero-order chi connectivity index (χ0) is 25.0. The van der Waals surface area contributed by atoms with Crippen molar-refractivity contribution in [2.75, 3.05) is 18.0 Å². The molecule has 0 radical (unpaired) electrons. The topological polar surface area (TPSA) is 45.5 Å². The maximum absolute atomic E-state index is 15.5. The number of benzene rings is 3. The molecule has 0 amide bonds. The fourth-order valence-corrected chi connectivity index (χ4v) is 6.57. The van der Waals surface area contributed by atoms with E-state index in [2.05, 4.69) is 17.0 Å². The number of anilines is 1. The van der Waals surface area contributed by atoms with Gasteiger partial charge in [-0.05, 0) is 55.2 Å². The number of rotatable bonds is 7. The normalized spacial score (nSPS) is 14.6. The Morgan fingerprint density at radius 3 is 2.57 bits per heavy atom. The molecule has 0 bridgehead atoms. The summed E-state index contributed by atoms with van der Waals surface area (Å²) >= 11 is 7.39. The molecule has 1 N–H and O–H groups in total. The zero-order valence-electron chi connectivity index (χ0n) is 19.3. The quantitative estimate of drug-likeness (QED) is 0.261. The van der Waals surface area contributed by atoms with E-state index < -0.39 is 17.6 Å². The Bertz CT molecular complexity index is 1520. The summed E-state index contributed by atoms with van der Waals surface area (Å²) in [5.41, 5.74) is 3.55. The molecule has 4 aromatic rings. The number of para-hydroxylation sites is 1. The molecule has 6 rings (SSSR count). The number of fused-ring (bicyclic) bond motifs is 2. The Labute approximate surface area is 244 Å². The van der Waals surface area contributed by atoms with Gasteiger partial charge in [0.15, 0.2) is 11.6 Å². The Kier molecular flexibility index (Phi) is 7.63. The number of aromatic nitrogens is 1. The van der Waals surface area contributed by atoms with E-state index in [1.807, 2.05) is 16.7 Å². The molecule has 37 heavy (non-hydrogen) atoms. The molecule has 186 valence electrons. The van der Waals surface area contributed by atoms with Crippen LogP contribution in [0.15, 0.2) is 64.4 Å². The number of aromatic carboxylic acids is 1. The van der Waals surface area contributed by atoms with Crippen molar-refractivity contribution in [2.24, 2.45) is 0 Å². The van der Waals surface area contributed by atoms with Gasteiger partial charge in [0.2, 0.25) is 0 Å². The van der Waals surface area contributed by atoms with Crippen molar-refractivity contribution >= 4 is 75.5 Å². The van der Waals surface area contributed by atoms with E-state index in [9.17, 15) is 9.90 Å². The molecule has 4 nitrogen and oxygen atoms in total. The molecule has 9 heteroatoms. The zero-order valence-corrected chi connectivity index (χ0v) is 20.9. The van der Waals surface area contributed by atoms with Gasteiger partial charge in [-0.2, -0.15) is 0 Å². The molecule has 0 spiro atoms. The van der Waals surface area contributed by atoms with E-state index in [4.69, 9.17) is 11.6 Å². The number of carboxylic acids is 1. The van der Waals surface area contributed by atoms with Crippen LogP contribution in [0.3, 0.4) is 0 Å². The van der Waals surface area contributed by atoms with Crippen LogP contribution in [0, 0.1) is 11.6 Å². The van der Waals surface area contributed by atoms with Crippen molar-refractivity contribution in [1.82, 2.24) is 4.57 Å². The molecular weight excluding hydrogens is 525 g/mol. The van der Waals surface area contributed by atoms with Crippen molar-refractivity contribution in [3.63, 3.8) is 0 Å². The summed E-state index contributed by atoms with van der Waals surface area (Å²) < 4.78 is 32.7. The number of hydrogen-bond donors (Lipinski definition) is 1. The fourth-order valence-electron chi connectivity index (χ4n) is 5.19. The molecule has 2 aliphatic rings. The average molecular weight is 549 g/mol. The van der Waals surface area contributed by atoms with E-state index in [-0.39, 0.29) is 51.0 Å². The van der Waals surface area contributed by atoms with Crippen LogP contribution in [0.4, 0.5) is 14.5 Å². The molecule has 3 aromatic carbocycles. The Morgan fingerprint density at radius 2 is 1.81 bits per heavy atom. The summed E-state index contributed by atoms with van der Waals surface area (Å²) in [6, 6.07) is 16.0. The van der Waals surface area contributed by atoms with Crippen molar-refractivity contribution in [3.8, 4) is 0 Å². The van der Waals surface area contributed by atoms with Gasteiger partial charge in [0.25, 0.3) is 0 Å². The van der Waals surface area contributed by atoms with Crippen molar-refractivity contribution < 1.29 is 18.7 Å². The first kappa shape index (κ1) is 26.6. The third-order valence-corrected chi connectivity index (χ3v) is 8.51. The van der Waals surface area contributed by atoms with E-state index in [1.54, 1.807) is 12.1 Å².